The van der Waals surface area contributed by atoms with Crippen molar-refractivity contribution in [3.05, 3.63) is 28.8 Å². The molecule has 2 rings (SSSR count). The topological polar surface area (TPSA) is 124 Å². The number of ether oxygens (including phenoxy) is 2. The van der Waals surface area contributed by atoms with E-state index < -0.39 is 17.3 Å². The Hall–Kier alpha value is -2.63. The number of carbonyl (C=O) groups is 2. The fourth-order valence-electron chi connectivity index (χ4n) is 4.11. The number of amides is 2. The van der Waals surface area contributed by atoms with Crippen LogP contribution in [0.5, 0.6) is 17.2 Å². The first-order valence-corrected chi connectivity index (χ1v) is 12.1. The minimum Gasteiger partial charge on any atom is -0.507 e. The quantitative estimate of drug-likeness (QED) is 0.366. The van der Waals surface area contributed by atoms with Crippen LogP contribution in [-0.4, -0.2) is 76.5 Å². The number of carbonyl (C=O) groups excluding carboxylic acids is 2. The van der Waals surface area contributed by atoms with Gasteiger partial charge in [-0.25, -0.2) is 5.06 Å². The summed E-state index contributed by atoms with van der Waals surface area (Å²) in [5.74, 6) is -0.851. The van der Waals surface area contributed by atoms with Gasteiger partial charge >= 0.3 is 0 Å². The number of phenols is 1. The number of nitrogens with zero attached hydrogens (tertiary/aromatic N) is 2. The molecule has 2 atom stereocenters. The van der Waals surface area contributed by atoms with Gasteiger partial charge < -0.3 is 25.2 Å². The van der Waals surface area contributed by atoms with Crippen LogP contribution in [0.15, 0.2) is 23.2 Å². The maximum absolute atomic E-state index is 12.7. The summed E-state index contributed by atoms with van der Waals surface area (Å²) in [6.45, 7) is 11.2. The second-order valence-corrected chi connectivity index (χ2v) is 9.52. The fourth-order valence-corrected chi connectivity index (χ4v) is 4.98. The minimum absolute atomic E-state index is 0.0315. The number of hydroxylamine groups is 2. The van der Waals surface area contributed by atoms with Gasteiger partial charge in [-0.2, -0.15) is 0 Å². The molecule has 0 spiro atoms. The van der Waals surface area contributed by atoms with E-state index in [0.717, 1.165) is 18.2 Å². The molecule has 34 heavy (non-hydrogen) atoms. The van der Waals surface area contributed by atoms with Gasteiger partial charge in [-0.05, 0) is 41.0 Å². The lowest BCUT2D eigenvalue weighted by atomic mass is 10.1. The van der Waals surface area contributed by atoms with Gasteiger partial charge in [0.05, 0.1) is 19.8 Å². The standard InChI is InChI=1S/C23H36N4O6S/c1-13(2)26(14(3)4)15(5)8-9-24-22(30)17-12-34-23(27(17)31)25-21(29)16-10-19(32-6)20(33-7)11-18(16)28/h10-15,23,28,31H,8-9H2,1-7H3,(H,24,30)(H,25,29). The maximum atomic E-state index is 12.7. The summed E-state index contributed by atoms with van der Waals surface area (Å²) in [6.07, 6.45) is 0.757. The first kappa shape index (κ1) is 27.6. The monoisotopic (exact) mass is 496 g/mol. The predicted molar refractivity (Wildman–Crippen MR) is 131 cm³/mol. The summed E-state index contributed by atoms with van der Waals surface area (Å²) < 4.78 is 10.3. The van der Waals surface area contributed by atoms with Crippen molar-refractivity contribution in [2.45, 2.75) is 64.7 Å². The molecule has 2 unspecified atom stereocenters. The van der Waals surface area contributed by atoms with E-state index in [0.29, 0.717) is 23.7 Å². The summed E-state index contributed by atoms with van der Waals surface area (Å²) >= 11 is 1.06. The largest absolute Gasteiger partial charge is 0.507 e. The van der Waals surface area contributed by atoms with E-state index in [1.807, 2.05) is 0 Å². The number of phenolic OH excluding ortho intramolecular Hbond substituents is 1. The van der Waals surface area contributed by atoms with Gasteiger partial charge in [-0.15, -0.1) is 0 Å². The Morgan fingerprint density at radius 1 is 1.09 bits per heavy atom. The molecule has 0 radical (unpaired) electrons. The number of methoxy groups -OCH3 is 2. The molecule has 1 aromatic carbocycles. The zero-order valence-electron chi connectivity index (χ0n) is 20.8. The lowest BCUT2D eigenvalue weighted by Gasteiger charge is -2.36. The van der Waals surface area contributed by atoms with Gasteiger partial charge in [-0.1, -0.05) is 11.8 Å². The molecule has 2 amide bonds. The third-order valence-electron chi connectivity index (χ3n) is 5.56. The van der Waals surface area contributed by atoms with Crippen LogP contribution in [-0.2, 0) is 4.79 Å². The van der Waals surface area contributed by atoms with E-state index in [1.54, 1.807) is 0 Å². The second-order valence-electron chi connectivity index (χ2n) is 8.56. The molecular weight excluding hydrogens is 460 g/mol. The molecule has 11 heteroatoms. The van der Waals surface area contributed by atoms with Crippen LogP contribution in [0, 0.1) is 0 Å². The van der Waals surface area contributed by atoms with Crippen molar-refractivity contribution >= 4 is 23.6 Å². The highest BCUT2D eigenvalue weighted by atomic mass is 32.2. The number of aromatic hydroxyl groups is 1. The Labute approximate surface area is 205 Å². The van der Waals surface area contributed by atoms with E-state index in [2.05, 4.69) is 50.2 Å². The molecule has 1 aliphatic heterocycles. The van der Waals surface area contributed by atoms with Crippen molar-refractivity contribution in [3.8, 4) is 17.2 Å². The number of thioether (sulfide) groups is 1. The highest BCUT2D eigenvalue weighted by Gasteiger charge is 2.32. The average Bonchev–Trinajstić information content (AvgIpc) is 3.12. The summed E-state index contributed by atoms with van der Waals surface area (Å²) in [4.78, 5) is 27.7. The third kappa shape index (κ3) is 6.49. The van der Waals surface area contributed by atoms with Crippen molar-refractivity contribution in [3.63, 3.8) is 0 Å². The Balaban J connectivity index is 1.93. The molecule has 0 fully saturated rings. The Bertz CT molecular complexity index is 900. The van der Waals surface area contributed by atoms with Crippen LogP contribution in [0.25, 0.3) is 0 Å². The number of hydrogen-bond donors (Lipinski definition) is 4. The molecule has 0 bridgehead atoms. The molecule has 1 heterocycles. The summed E-state index contributed by atoms with van der Waals surface area (Å²) in [5, 5.41) is 28.2. The van der Waals surface area contributed by atoms with Gasteiger partial charge in [0.2, 0.25) is 0 Å². The highest BCUT2D eigenvalue weighted by molar-refractivity contribution is 8.02. The maximum Gasteiger partial charge on any atom is 0.270 e. The zero-order chi connectivity index (χ0) is 25.6. The van der Waals surface area contributed by atoms with Crippen molar-refractivity contribution in [1.29, 1.82) is 0 Å². The van der Waals surface area contributed by atoms with Crippen molar-refractivity contribution < 1.29 is 29.4 Å². The number of benzene rings is 1. The molecule has 0 aliphatic carbocycles. The fraction of sp³-hybridized carbons (Fsp3) is 0.565. The zero-order valence-corrected chi connectivity index (χ0v) is 21.6. The van der Waals surface area contributed by atoms with Gasteiger partial charge in [0.15, 0.2) is 17.0 Å². The lowest BCUT2D eigenvalue weighted by molar-refractivity contribution is -0.128. The highest BCUT2D eigenvalue weighted by Crippen LogP contribution is 2.34. The first-order valence-electron chi connectivity index (χ1n) is 11.2. The van der Waals surface area contributed by atoms with E-state index in [9.17, 15) is 19.9 Å². The molecule has 0 aromatic heterocycles. The average molecular weight is 497 g/mol. The van der Waals surface area contributed by atoms with Crippen LogP contribution >= 0.6 is 11.8 Å². The van der Waals surface area contributed by atoms with Crippen LogP contribution in [0.1, 0.15) is 51.4 Å². The SMILES string of the molecule is COc1cc(O)c(C(=O)NC2SC=C(C(=O)NCCC(C)N(C(C)C)C(C)C)N2O)cc1OC. The molecule has 1 aliphatic rings. The predicted octanol–water partition coefficient (Wildman–Crippen LogP) is 2.72. The van der Waals surface area contributed by atoms with Crippen molar-refractivity contribution in [1.82, 2.24) is 20.6 Å². The van der Waals surface area contributed by atoms with E-state index >= 15 is 0 Å². The molecule has 1 aromatic rings. The summed E-state index contributed by atoms with van der Waals surface area (Å²) in [5.41, 5.74) is -0.959. The van der Waals surface area contributed by atoms with Crippen LogP contribution in [0.3, 0.4) is 0 Å². The normalized spacial score (nSPS) is 16.6. The van der Waals surface area contributed by atoms with Gasteiger partial charge in [-0.3, -0.25) is 19.7 Å². The minimum atomic E-state index is -0.933. The number of nitrogens with one attached hydrogen (secondary N) is 2. The Kier molecular flexibility index (Phi) is 9.90. The molecule has 0 saturated carbocycles. The summed E-state index contributed by atoms with van der Waals surface area (Å²) in [6, 6.07) is 3.66. The van der Waals surface area contributed by atoms with Crippen LogP contribution in [0.2, 0.25) is 0 Å². The molecule has 190 valence electrons. The number of rotatable bonds is 11. The summed E-state index contributed by atoms with van der Waals surface area (Å²) in [7, 11) is 2.83. The van der Waals surface area contributed by atoms with Gasteiger partial charge in [0.1, 0.15) is 11.4 Å². The van der Waals surface area contributed by atoms with Crippen LogP contribution in [0.4, 0.5) is 0 Å². The second kappa shape index (κ2) is 12.2. The van der Waals surface area contributed by atoms with E-state index in [-0.39, 0.29) is 34.6 Å². The number of hydrogen-bond acceptors (Lipinski definition) is 9. The Morgan fingerprint density at radius 2 is 1.68 bits per heavy atom. The molecule has 4 N–H and O–H groups in total. The van der Waals surface area contributed by atoms with Crippen LogP contribution < -0.4 is 20.1 Å². The molecular formula is C23H36N4O6S. The smallest absolute Gasteiger partial charge is 0.270 e. The van der Waals surface area contributed by atoms with E-state index in [1.165, 1.54) is 31.8 Å². The molecule has 0 saturated heterocycles. The molecule has 10 nitrogen and oxygen atoms in total. The van der Waals surface area contributed by atoms with Crippen molar-refractivity contribution in [2.24, 2.45) is 0 Å². The third-order valence-corrected chi connectivity index (χ3v) is 6.50. The lowest BCUT2D eigenvalue weighted by Crippen LogP contribution is -2.46. The van der Waals surface area contributed by atoms with Gasteiger partial charge in [0.25, 0.3) is 11.8 Å². The van der Waals surface area contributed by atoms with Gasteiger partial charge in [0, 0.05) is 42.2 Å². The first-order chi connectivity index (χ1) is 16.0. The Morgan fingerprint density at radius 3 is 2.24 bits per heavy atom. The van der Waals surface area contributed by atoms with Crippen molar-refractivity contribution in [2.75, 3.05) is 20.8 Å². The van der Waals surface area contributed by atoms with E-state index in [4.69, 9.17) is 9.47 Å².